The third-order valence-corrected chi connectivity index (χ3v) is 3.77. The number of aliphatic hydroxyl groups is 1. The Morgan fingerprint density at radius 2 is 2.13 bits per heavy atom. The number of hydrazone groups is 1. The molecule has 1 aromatic rings. The number of amides is 1. The molecule has 1 heterocycles. The number of unbranched alkanes of at least 4 members (excludes halogenated alkanes) is 1. The molecule has 1 amide bonds. The summed E-state index contributed by atoms with van der Waals surface area (Å²) in [5, 5.41) is 14.1. The van der Waals surface area contributed by atoms with Crippen molar-refractivity contribution in [1.82, 2.24) is 5.01 Å². The average molecular weight is 328 g/mol. The number of alkyl halides is 3. The highest BCUT2D eigenvalue weighted by molar-refractivity contribution is 5.98. The number of benzene rings is 1. The van der Waals surface area contributed by atoms with E-state index in [0.717, 1.165) is 12.0 Å². The van der Waals surface area contributed by atoms with Gasteiger partial charge in [-0.1, -0.05) is 31.0 Å². The second-order valence-electron chi connectivity index (χ2n) is 5.75. The van der Waals surface area contributed by atoms with E-state index in [1.54, 1.807) is 19.1 Å². The summed E-state index contributed by atoms with van der Waals surface area (Å²) in [6.07, 6.45) is -3.92. The second-order valence-corrected chi connectivity index (χ2v) is 5.75. The van der Waals surface area contributed by atoms with Crippen LogP contribution in [0.25, 0.3) is 0 Å². The molecule has 0 bridgehead atoms. The zero-order valence-corrected chi connectivity index (χ0v) is 13.0. The maximum Gasteiger partial charge on any atom is 0.438 e. The summed E-state index contributed by atoms with van der Waals surface area (Å²) in [5.74, 6) is -0.958. The van der Waals surface area contributed by atoms with Gasteiger partial charge in [0.2, 0.25) is 0 Å². The van der Waals surface area contributed by atoms with Crippen molar-refractivity contribution in [2.45, 2.75) is 51.4 Å². The van der Waals surface area contributed by atoms with Gasteiger partial charge in [0.25, 0.3) is 11.6 Å². The summed E-state index contributed by atoms with van der Waals surface area (Å²) in [5.41, 5.74) is -2.29. The Balaban J connectivity index is 2.37. The van der Waals surface area contributed by atoms with Crippen molar-refractivity contribution in [3.63, 3.8) is 0 Å². The molecule has 2 rings (SSSR count). The van der Waals surface area contributed by atoms with E-state index < -0.39 is 24.2 Å². The van der Waals surface area contributed by atoms with Crippen LogP contribution in [0.2, 0.25) is 0 Å². The molecule has 0 aliphatic carbocycles. The minimum atomic E-state index is -4.98. The molecule has 4 nitrogen and oxygen atoms in total. The van der Waals surface area contributed by atoms with Gasteiger partial charge in [-0.05, 0) is 31.9 Å². The van der Waals surface area contributed by atoms with E-state index in [2.05, 4.69) is 5.10 Å². The largest absolute Gasteiger partial charge is 0.438 e. The van der Waals surface area contributed by atoms with Crippen molar-refractivity contribution in [2.75, 3.05) is 0 Å². The molecular formula is C16H19F3N2O2. The van der Waals surface area contributed by atoms with Crippen LogP contribution in [0.1, 0.15) is 48.5 Å². The minimum absolute atomic E-state index is 0.0631. The van der Waals surface area contributed by atoms with Gasteiger partial charge in [-0.3, -0.25) is 4.79 Å². The number of hydrogen-bond donors (Lipinski definition) is 1. The fourth-order valence-electron chi connectivity index (χ4n) is 2.47. The first-order valence-corrected chi connectivity index (χ1v) is 7.45. The summed E-state index contributed by atoms with van der Waals surface area (Å²) in [7, 11) is 0. The monoisotopic (exact) mass is 328 g/mol. The van der Waals surface area contributed by atoms with Crippen LogP contribution in [0.15, 0.2) is 29.4 Å². The predicted octanol–water partition coefficient (Wildman–Crippen LogP) is 3.64. The molecule has 0 spiro atoms. The standard InChI is InChI=1S/C16H19F3N2O2/c1-3-4-8-13-10-15(23,16(17,18)19)21(20-13)14(22)12-7-5-6-11(2)9-12/h5-7,9,23H,3-4,8,10H2,1-2H3/t15-/m1/s1. The number of nitrogens with zero attached hydrogens (tertiary/aromatic N) is 2. The number of aryl methyl sites for hydroxylation is 1. The first-order valence-electron chi connectivity index (χ1n) is 7.45. The lowest BCUT2D eigenvalue weighted by Crippen LogP contribution is -2.56. The molecular weight excluding hydrogens is 309 g/mol. The second kappa shape index (κ2) is 6.31. The van der Waals surface area contributed by atoms with Crippen molar-refractivity contribution >= 4 is 11.6 Å². The Kier molecular flexibility index (Phi) is 4.79. The molecule has 1 atom stereocenters. The van der Waals surface area contributed by atoms with Gasteiger partial charge in [-0.25, -0.2) is 0 Å². The SMILES string of the molecule is CCCCC1=NN(C(=O)c2cccc(C)c2)[C@](O)(C(F)(F)F)C1. The topological polar surface area (TPSA) is 52.9 Å². The van der Waals surface area contributed by atoms with E-state index in [1.807, 2.05) is 6.92 Å². The fourth-order valence-corrected chi connectivity index (χ4v) is 2.47. The highest BCUT2D eigenvalue weighted by atomic mass is 19.4. The van der Waals surface area contributed by atoms with Crippen LogP contribution in [0.4, 0.5) is 13.2 Å². The minimum Gasteiger partial charge on any atom is -0.362 e. The van der Waals surface area contributed by atoms with Gasteiger partial charge in [0.1, 0.15) is 0 Å². The Labute approximate surface area is 132 Å². The van der Waals surface area contributed by atoms with Crippen LogP contribution in [-0.4, -0.2) is 33.6 Å². The zero-order valence-electron chi connectivity index (χ0n) is 13.0. The summed E-state index contributed by atoms with van der Waals surface area (Å²) in [4.78, 5) is 12.4. The van der Waals surface area contributed by atoms with Crippen molar-refractivity contribution in [3.8, 4) is 0 Å². The van der Waals surface area contributed by atoms with Crippen LogP contribution >= 0.6 is 0 Å². The van der Waals surface area contributed by atoms with E-state index in [9.17, 15) is 23.1 Å². The van der Waals surface area contributed by atoms with Crippen molar-refractivity contribution in [3.05, 3.63) is 35.4 Å². The molecule has 1 N–H and O–H groups in total. The van der Waals surface area contributed by atoms with Gasteiger partial charge >= 0.3 is 6.18 Å². The molecule has 1 aromatic carbocycles. The van der Waals surface area contributed by atoms with Crippen LogP contribution in [0.5, 0.6) is 0 Å². The predicted molar refractivity (Wildman–Crippen MR) is 79.9 cm³/mol. The molecule has 7 heteroatoms. The third kappa shape index (κ3) is 3.39. The molecule has 0 saturated heterocycles. The van der Waals surface area contributed by atoms with Crippen LogP contribution in [-0.2, 0) is 0 Å². The Morgan fingerprint density at radius 3 is 2.70 bits per heavy atom. The van der Waals surface area contributed by atoms with Gasteiger partial charge < -0.3 is 5.11 Å². The van der Waals surface area contributed by atoms with E-state index >= 15 is 0 Å². The molecule has 0 saturated carbocycles. The maximum absolute atomic E-state index is 13.3. The molecule has 0 fully saturated rings. The molecule has 1 aliphatic heterocycles. The van der Waals surface area contributed by atoms with E-state index in [0.29, 0.717) is 12.8 Å². The van der Waals surface area contributed by atoms with E-state index in [1.165, 1.54) is 12.1 Å². The number of carbonyl (C=O) groups excluding carboxylic acids is 1. The highest BCUT2D eigenvalue weighted by Crippen LogP contribution is 2.41. The van der Waals surface area contributed by atoms with Crippen LogP contribution < -0.4 is 0 Å². The van der Waals surface area contributed by atoms with Crippen molar-refractivity contribution in [2.24, 2.45) is 5.10 Å². The lowest BCUT2D eigenvalue weighted by molar-refractivity contribution is -0.297. The number of rotatable bonds is 4. The van der Waals surface area contributed by atoms with Crippen molar-refractivity contribution in [1.29, 1.82) is 0 Å². The molecule has 126 valence electrons. The van der Waals surface area contributed by atoms with Crippen molar-refractivity contribution < 1.29 is 23.1 Å². The lowest BCUT2D eigenvalue weighted by atomic mass is 10.0. The first kappa shape index (κ1) is 17.5. The van der Waals surface area contributed by atoms with Crippen LogP contribution in [0.3, 0.4) is 0 Å². The van der Waals surface area contributed by atoms with E-state index in [4.69, 9.17) is 0 Å². The molecule has 23 heavy (non-hydrogen) atoms. The smallest absolute Gasteiger partial charge is 0.362 e. The van der Waals surface area contributed by atoms with Gasteiger partial charge in [0.05, 0.1) is 0 Å². The van der Waals surface area contributed by atoms with Gasteiger partial charge in [0.15, 0.2) is 0 Å². The Morgan fingerprint density at radius 1 is 1.43 bits per heavy atom. The first-order chi connectivity index (χ1) is 10.7. The number of halogens is 3. The quantitative estimate of drug-likeness (QED) is 0.917. The number of hydrogen-bond acceptors (Lipinski definition) is 3. The third-order valence-electron chi connectivity index (χ3n) is 3.77. The molecule has 0 radical (unpaired) electrons. The van der Waals surface area contributed by atoms with Crippen LogP contribution in [0, 0.1) is 6.92 Å². The van der Waals surface area contributed by atoms with E-state index in [-0.39, 0.29) is 16.3 Å². The fraction of sp³-hybridized carbons (Fsp3) is 0.500. The summed E-state index contributed by atoms with van der Waals surface area (Å²) in [6.45, 7) is 3.63. The zero-order chi connectivity index (χ0) is 17.3. The normalized spacial score (nSPS) is 21.5. The van der Waals surface area contributed by atoms with Gasteiger partial charge in [-0.15, -0.1) is 0 Å². The lowest BCUT2D eigenvalue weighted by Gasteiger charge is -2.32. The Bertz CT molecular complexity index is 628. The van der Waals surface area contributed by atoms with Gasteiger partial charge in [-0.2, -0.15) is 23.3 Å². The molecule has 0 unspecified atom stereocenters. The number of carbonyl (C=O) groups is 1. The highest BCUT2D eigenvalue weighted by Gasteiger charge is 2.63. The van der Waals surface area contributed by atoms with Gasteiger partial charge in [0, 0.05) is 17.7 Å². The average Bonchev–Trinajstić information content (AvgIpc) is 2.82. The summed E-state index contributed by atoms with van der Waals surface area (Å²) >= 11 is 0. The Hall–Kier alpha value is -1.89. The summed E-state index contributed by atoms with van der Waals surface area (Å²) in [6, 6.07) is 6.18. The molecule has 1 aliphatic rings. The molecule has 0 aromatic heterocycles. The summed E-state index contributed by atoms with van der Waals surface area (Å²) < 4.78 is 40.0. The maximum atomic E-state index is 13.3.